The largest absolute Gasteiger partial charge is 0.337 e. The van der Waals surface area contributed by atoms with Crippen LogP contribution in [0.1, 0.15) is 88.8 Å². The van der Waals surface area contributed by atoms with Gasteiger partial charge in [0.2, 0.25) is 5.91 Å². The van der Waals surface area contributed by atoms with Crippen LogP contribution < -0.4 is 0 Å². The number of piperidine rings is 2. The first kappa shape index (κ1) is 17.3. The molecule has 2 bridgehead atoms. The molecular weight excluding hydrogens is 334 g/mol. The third kappa shape index (κ3) is 2.79. The van der Waals surface area contributed by atoms with Crippen LogP contribution in [0.2, 0.25) is 0 Å². The molecule has 27 heavy (non-hydrogen) atoms. The third-order valence-corrected chi connectivity index (χ3v) is 7.36. The fourth-order valence-corrected chi connectivity index (χ4v) is 5.84. The lowest BCUT2D eigenvalue weighted by atomic mass is 9.59. The van der Waals surface area contributed by atoms with Crippen molar-refractivity contribution in [2.45, 2.75) is 89.6 Å². The number of amides is 1. The van der Waals surface area contributed by atoms with Crippen LogP contribution in [-0.2, 0) is 4.79 Å². The summed E-state index contributed by atoms with van der Waals surface area (Å²) in [5.41, 5.74) is 4.12. The predicted octanol–water partition coefficient (Wildman–Crippen LogP) is 5.11. The van der Waals surface area contributed by atoms with Crippen molar-refractivity contribution < 1.29 is 4.79 Å². The molecule has 2 aromatic rings. The third-order valence-electron chi connectivity index (χ3n) is 7.36. The Morgan fingerprint density at radius 1 is 1.33 bits per heavy atom. The van der Waals surface area contributed by atoms with Crippen LogP contribution in [-0.4, -0.2) is 33.1 Å². The molecule has 1 aromatic heterocycles. The average molecular weight is 366 g/mol. The van der Waals surface area contributed by atoms with Gasteiger partial charge in [-0.15, -0.1) is 0 Å². The number of H-pyrrole nitrogens is 1. The minimum Gasteiger partial charge on any atom is -0.337 e. The van der Waals surface area contributed by atoms with Gasteiger partial charge in [0.15, 0.2) is 0 Å². The zero-order chi connectivity index (χ0) is 18.8. The maximum absolute atomic E-state index is 13.3. The molecule has 4 fully saturated rings. The summed E-state index contributed by atoms with van der Waals surface area (Å²) in [4.78, 5) is 15.5. The van der Waals surface area contributed by atoms with Crippen molar-refractivity contribution in [2.75, 3.05) is 0 Å². The van der Waals surface area contributed by atoms with E-state index in [4.69, 9.17) is 0 Å². The van der Waals surface area contributed by atoms with E-state index < -0.39 is 0 Å². The highest BCUT2D eigenvalue weighted by Gasteiger charge is 2.52. The monoisotopic (exact) mass is 365 g/mol. The maximum Gasteiger partial charge on any atom is 0.223 e. The Bertz CT molecular complexity index is 875. The normalized spacial score (nSPS) is 31.0. The molecule has 3 heterocycles. The molecule has 2 saturated heterocycles. The summed E-state index contributed by atoms with van der Waals surface area (Å²) in [7, 11) is 0. The molecule has 2 atom stereocenters. The number of fused-ring (bicyclic) bond motifs is 3. The summed E-state index contributed by atoms with van der Waals surface area (Å²) in [5.74, 6) is 1.20. The smallest absolute Gasteiger partial charge is 0.223 e. The second-order valence-electron chi connectivity index (χ2n) is 9.70. The first-order chi connectivity index (χ1) is 13.0. The average Bonchev–Trinajstić information content (AvgIpc) is 3.38. The van der Waals surface area contributed by atoms with Crippen LogP contribution in [0, 0.1) is 5.41 Å². The van der Waals surface area contributed by atoms with Gasteiger partial charge in [-0.1, -0.05) is 32.9 Å². The summed E-state index contributed by atoms with van der Waals surface area (Å²) in [5, 5.41) is 9.10. The molecule has 2 aliphatic carbocycles. The number of aromatic nitrogens is 2. The molecule has 144 valence electrons. The van der Waals surface area contributed by atoms with E-state index in [0.29, 0.717) is 35.7 Å². The molecule has 1 amide bonds. The van der Waals surface area contributed by atoms with Crippen molar-refractivity contribution in [3.05, 3.63) is 29.5 Å². The van der Waals surface area contributed by atoms with Crippen molar-refractivity contribution >= 4 is 16.8 Å². The first-order valence-electron chi connectivity index (χ1n) is 10.8. The van der Waals surface area contributed by atoms with Gasteiger partial charge in [0, 0.05) is 35.5 Å². The fourth-order valence-electron chi connectivity index (χ4n) is 5.84. The number of hydrogen-bond acceptors (Lipinski definition) is 2. The van der Waals surface area contributed by atoms with Crippen molar-refractivity contribution in [2.24, 2.45) is 5.41 Å². The molecule has 0 radical (unpaired) electrons. The number of carbonyl (C=O) groups is 1. The fraction of sp³-hybridized carbons (Fsp3) is 0.652. The Morgan fingerprint density at radius 3 is 2.81 bits per heavy atom. The van der Waals surface area contributed by atoms with Gasteiger partial charge in [-0.25, -0.2) is 0 Å². The number of benzene rings is 1. The van der Waals surface area contributed by atoms with Gasteiger partial charge in [0.25, 0.3) is 0 Å². The molecule has 2 aliphatic heterocycles. The van der Waals surface area contributed by atoms with Crippen molar-refractivity contribution in [3.63, 3.8) is 0 Å². The summed E-state index contributed by atoms with van der Waals surface area (Å²) in [6, 6.07) is 7.36. The molecule has 1 N–H and O–H groups in total. The maximum atomic E-state index is 13.3. The molecular formula is C23H31N3O. The van der Waals surface area contributed by atoms with Gasteiger partial charge in [-0.3, -0.25) is 9.89 Å². The highest BCUT2D eigenvalue weighted by Crippen LogP contribution is 2.53. The lowest BCUT2D eigenvalue weighted by molar-refractivity contribution is -0.155. The van der Waals surface area contributed by atoms with E-state index in [1.54, 1.807) is 0 Å². The molecule has 1 aromatic carbocycles. The van der Waals surface area contributed by atoms with Crippen molar-refractivity contribution in [1.29, 1.82) is 0 Å². The van der Waals surface area contributed by atoms with Gasteiger partial charge in [0.1, 0.15) is 0 Å². The van der Waals surface area contributed by atoms with Crippen LogP contribution in [0.15, 0.2) is 18.2 Å². The van der Waals surface area contributed by atoms with E-state index in [-0.39, 0.29) is 5.92 Å². The molecule has 6 rings (SSSR count). The van der Waals surface area contributed by atoms with E-state index in [1.807, 2.05) is 0 Å². The SMILES string of the molecule is CCC1CC2(C)CC(C2)N1C(=O)CC(C)c1[nH]nc2cccc(C3CC3)c12. The first-order valence-corrected chi connectivity index (χ1v) is 10.8. The number of aromatic amines is 1. The van der Waals surface area contributed by atoms with E-state index in [9.17, 15) is 4.79 Å². The van der Waals surface area contributed by atoms with Crippen molar-refractivity contribution in [1.82, 2.24) is 15.1 Å². The van der Waals surface area contributed by atoms with E-state index >= 15 is 0 Å². The molecule has 4 heteroatoms. The van der Waals surface area contributed by atoms with Gasteiger partial charge >= 0.3 is 0 Å². The topological polar surface area (TPSA) is 49.0 Å². The van der Waals surface area contributed by atoms with Crippen LogP contribution >= 0.6 is 0 Å². The quantitative estimate of drug-likeness (QED) is 0.800. The highest BCUT2D eigenvalue weighted by atomic mass is 16.2. The molecule has 4 aliphatic rings. The Labute approximate surface area is 161 Å². The van der Waals surface area contributed by atoms with Gasteiger partial charge < -0.3 is 4.90 Å². The van der Waals surface area contributed by atoms with Crippen LogP contribution in [0.4, 0.5) is 0 Å². The zero-order valence-electron chi connectivity index (χ0n) is 16.8. The number of hydrogen-bond donors (Lipinski definition) is 1. The summed E-state index contributed by atoms with van der Waals surface area (Å²) >= 11 is 0. The molecule has 2 unspecified atom stereocenters. The summed E-state index contributed by atoms with van der Waals surface area (Å²) < 4.78 is 0. The summed E-state index contributed by atoms with van der Waals surface area (Å²) in [6.45, 7) is 6.81. The Balaban J connectivity index is 1.38. The van der Waals surface area contributed by atoms with Crippen LogP contribution in [0.5, 0.6) is 0 Å². The Morgan fingerprint density at radius 2 is 2.11 bits per heavy atom. The van der Waals surface area contributed by atoms with Crippen LogP contribution in [0.25, 0.3) is 10.9 Å². The lowest BCUT2D eigenvalue weighted by Gasteiger charge is -2.60. The standard InChI is InChI=1S/C23H31N3O/c1-4-16-11-23(3)12-17(13-23)26(16)20(27)10-14(2)22-21-18(15-8-9-15)6-5-7-19(21)24-25-22/h5-7,14-17H,4,8-13H2,1-3H3,(H,24,25). The lowest BCUT2D eigenvalue weighted by Crippen LogP contribution is -2.62. The number of carbonyl (C=O) groups excluding carboxylic acids is 1. The Kier molecular flexibility index (Phi) is 3.89. The van der Waals surface area contributed by atoms with E-state index in [1.165, 1.54) is 43.1 Å². The zero-order valence-corrected chi connectivity index (χ0v) is 16.8. The van der Waals surface area contributed by atoms with E-state index in [0.717, 1.165) is 17.6 Å². The molecule has 4 nitrogen and oxygen atoms in total. The highest BCUT2D eigenvalue weighted by molar-refractivity contribution is 5.87. The number of nitrogens with zero attached hydrogens (tertiary/aromatic N) is 2. The van der Waals surface area contributed by atoms with Gasteiger partial charge in [-0.05, 0) is 61.5 Å². The minimum atomic E-state index is 0.174. The number of nitrogens with one attached hydrogen (secondary N) is 1. The molecule has 2 saturated carbocycles. The number of rotatable bonds is 5. The second-order valence-corrected chi connectivity index (χ2v) is 9.70. The predicted molar refractivity (Wildman–Crippen MR) is 108 cm³/mol. The van der Waals surface area contributed by atoms with E-state index in [2.05, 4.69) is 54.1 Å². The summed E-state index contributed by atoms with van der Waals surface area (Å²) in [6.07, 6.45) is 7.79. The Hall–Kier alpha value is -1.84. The molecule has 0 spiro atoms. The van der Waals surface area contributed by atoms with Crippen LogP contribution in [0.3, 0.4) is 0 Å². The van der Waals surface area contributed by atoms with Gasteiger partial charge in [-0.2, -0.15) is 5.10 Å². The minimum absolute atomic E-state index is 0.174. The van der Waals surface area contributed by atoms with Crippen molar-refractivity contribution in [3.8, 4) is 0 Å². The second kappa shape index (κ2) is 6.08. The van der Waals surface area contributed by atoms with Gasteiger partial charge in [0.05, 0.1) is 5.52 Å².